The minimum atomic E-state index is 0.0757. The zero-order valence-electron chi connectivity index (χ0n) is 42.6. The second-order valence-corrected chi connectivity index (χ2v) is 27.1. The summed E-state index contributed by atoms with van der Waals surface area (Å²) >= 11 is 0. The van der Waals surface area contributed by atoms with Crippen LogP contribution in [0.15, 0.2) is 72.8 Å². The SMILES string of the molecule is Cc1cc2c3c(c1)N(c1ccc4c(c1)C(C)(C)CC4(C)C)c1cc4c(cc1B3c1cc3c(cc1N2c1ccc2c(c1)C(C)(C)CCC2(C)C)C(C)(C)CCC3(C)C)C(C)(C)CC4(C)C. The molecule has 64 heavy (non-hydrogen) atoms. The van der Waals surface area contributed by atoms with E-state index in [4.69, 9.17) is 0 Å². The molecule has 0 saturated carbocycles. The van der Waals surface area contributed by atoms with Crippen LogP contribution in [0, 0.1) is 6.92 Å². The molecule has 4 aliphatic carbocycles. The summed E-state index contributed by atoms with van der Waals surface area (Å²) < 4.78 is 0. The van der Waals surface area contributed by atoms with Gasteiger partial charge in [-0.25, -0.2) is 0 Å². The highest BCUT2D eigenvalue weighted by atomic mass is 15.2. The molecule has 0 radical (unpaired) electrons. The molecule has 0 saturated heterocycles. The molecule has 0 N–H and O–H groups in total. The quantitative estimate of drug-likeness (QED) is 0.160. The summed E-state index contributed by atoms with van der Waals surface area (Å²) in [4.78, 5) is 5.44. The maximum atomic E-state index is 2.73. The predicted molar refractivity (Wildman–Crippen MR) is 277 cm³/mol. The number of rotatable bonds is 2. The van der Waals surface area contributed by atoms with Crippen LogP contribution in [0.3, 0.4) is 0 Å². The Morgan fingerprint density at radius 3 is 1.09 bits per heavy atom. The lowest BCUT2D eigenvalue weighted by Crippen LogP contribution is -2.62. The van der Waals surface area contributed by atoms with Crippen molar-refractivity contribution in [2.24, 2.45) is 0 Å². The Labute approximate surface area is 387 Å². The fraction of sp³-hybridized carbons (Fsp3) is 0.508. The van der Waals surface area contributed by atoms with E-state index in [9.17, 15) is 0 Å². The molecule has 11 rings (SSSR count). The summed E-state index contributed by atoms with van der Waals surface area (Å²) in [6, 6.07) is 31.0. The molecule has 2 nitrogen and oxygen atoms in total. The van der Waals surface area contributed by atoms with E-state index < -0.39 is 0 Å². The van der Waals surface area contributed by atoms with Crippen molar-refractivity contribution >= 4 is 57.2 Å². The van der Waals surface area contributed by atoms with Gasteiger partial charge in [-0.2, -0.15) is 0 Å². The fourth-order valence-corrected chi connectivity index (χ4v) is 15.0. The summed E-state index contributed by atoms with van der Waals surface area (Å²) in [5, 5.41) is 0. The van der Waals surface area contributed by atoms with Crippen molar-refractivity contribution in [1.29, 1.82) is 0 Å². The van der Waals surface area contributed by atoms with Crippen molar-refractivity contribution < 1.29 is 0 Å². The first-order valence-corrected chi connectivity index (χ1v) is 25.0. The topological polar surface area (TPSA) is 6.48 Å². The minimum absolute atomic E-state index is 0.0757. The molecule has 2 aliphatic heterocycles. The molecule has 0 spiro atoms. The van der Waals surface area contributed by atoms with Gasteiger partial charge in [-0.1, -0.05) is 135 Å². The van der Waals surface area contributed by atoms with Crippen LogP contribution in [-0.4, -0.2) is 6.71 Å². The number of anilines is 6. The van der Waals surface area contributed by atoms with E-state index in [1.54, 1.807) is 5.56 Å². The van der Waals surface area contributed by atoms with Gasteiger partial charge in [0.15, 0.2) is 0 Å². The molecule has 5 aromatic carbocycles. The molecule has 2 heterocycles. The molecule has 0 atom stereocenters. The Hall–Kier alpha value is -4.24. The van der Waals surface area contributed by atoms with Crippen LogP contribution in [0.1, 0.15) is 199 Å². The predicted octanol–water partition coefficient (Wildman–Crippen LogP) is 14.7. The highest BCUT2D eigenvalue weighted by Gasteiger charge is 2.51. The van der Waals surface area contributed by atoms with Crippen LogP contribution in [0.4, 0.5) is 34.1 Å². The summed E-state index contributed by atoms with van der Waals surface area (Å²) in [7, 11) is 0. The lowest BCUT2D eigenvalue weighted by molar-refractivity contribution is 0.332. The molecule has 0 aromatic heterocycles. The van der Waals surface area contributed by atoms with Gasteiger partial charge >= 0.3 is 0 Å². The van der Waals surface area contributed by atoms with Gasteiger partial charge in [0, 0.05) is 34.1 Å². The molecule has 3 heteroatoms. The van der Waals surface area contributed by atoms with Crippen LogP contribution in [0.2, 0.25) is 0 Å². The number of nitrogens with zero attached hydrogens (tertiary/aromatic N) is 2. The fourth-order valence-electron chi connectivity index (χ4n) is 15.0. The average molecular weight is 847 g/mol. The number of hydrogen-bond acceptors (Lipinski definition) is 2. The van der Waals surface area contributed by atoms with Crippen molar-refractivity contribution in [3.8, 4) is 0 Å². The van der Waals surface area contributed by atoms with E-state index >= 15 is 0 Å². The third-order valence-electron chi connectivity index (χ3n) is 18.4. The molecule has 5 aromatic rings. The summed E-state index contributed by atoms with van der Waals surface area (Å²) in [5.41, 5.74) is 26.7. The second-order valence-electron chi connectivity index (χ2n) is 27.1. The summed E-state index contributed by atoms with van der Waals surface area (Å²) in [6.07, 6.45) is 7.11. The first kappa shape index (κ1) is 42.4. The Morgan fingerprint density at radius 1 is 0.344 bits per heavy atom. The number of fused-ring (bicyclic) bond motifs is 8. The van der Waals surface area contributed by atoms with Gasteiger partial charge in [-0.15, -0.1) is 0 Å². The zero-order chi connectivity index (χ0) is 45.9. The Kier molecular flexibility index (Phi) is 8.35. The van der Waals surface area contributed by atoms with Crippen molar-refractivity contribution in [1.82, 2.24) is 0 Å². The van der Waals surface area contributed by atoms with E-state index in [1.807, 2.05) is 0 Å². The average Bonchev–Trinajstić information content (AvgIpc) is 3.50. The van der Waals surface area contributed by atoms with Crippen LogP contribution in [-0.2, 0) is 43.3 Å². The standard InChI is InChI=1S/C61H75BN2/c1-36-26-51-53-52(27-36)64(38-19-21-40-42(29-38)59(12,13)34-58(40,10)11)50-33-46-44(60(14,15)35-61(46,16)17)31-48(50)62(53)47-30-43-45(57(8,9)25-24-56(43,6)7)32-49(47)63(51)37-18-20-39-41(28-37)55(4,5)23-22-54(39,2)3/h18-21,26-33H,22-25,34-35H2,1-17H3. The van der Waals surface area contributed by atoms with Crippen molar-refractivity contribution in [2.45, 2.75) is 200 Å². The lowest BCUT2D eigenvalue weighted by atomic mass is 9.33. The van der Waals surface area contributed by atoms with Gasteiger partial charge in [0.05, 0.1) is 0 Å². The number of aryl methyl sites for hydroxylation is 1. The maximum Gasteiger partial charge on any atom is 0.252 e. The van der Waals surface area contributed by atoms with Crippen LogP contribution in [0.5, 0.6) is 0 Å². The largest absolute Gasteiger partial charge is 0.311 e. The smallest absolute Gasteiger partial charge is 0.252 e. The van der Waals surface area contributed by atoms with Gasteiger partial charge in [-0.3, -0.25) is 0 Å². The zero-order valence-corrected chi connectivity index (χ0v) is 42.6. The van der Waals surface area contributed by atoms with E-state index in [0.717, 1.165) is 12.8 Å². The molecule has 0 bridgehead atoms. The third-order valence-corrected chi connectivity index (χ3v) is 18.4. The molecular weight excluding hydrogens is 771 g/mol. The van der Waals surface area contributed by atoms with E-state index in [1.165, 1.54) is 121 Å². The first-order chi connectivity index (χ1) is 29.5. The molecule has 0 unspecified atom stereocenters. The Bertz CT molecular complexity index is 2870. The molecule has 6 aliphatic rings. The maximum absolute atomic E-state index is 2.73. The van der Waals surface area contributed by atoms with Crippen molar-refractivity contribution in [3.63, 3.8) is 0 Å². The summed E-state index contributed by atoms with van der Waals surface area (Å²) in [6.45, 7) is 42.1. The van der Waals surface area contributed by atoms with Gasteiger partial charge in [0.25, 0.3) is 6.71 Å². The highest BCUT2D eigenvalue weighted by Crippen LogP contribution is 2.56. The molecular formula is C61H75BN2. The van der Waals surface area contributed by atoms with Crippen LogP contribution >= 0.6 is 0 Å². The minimum Gasteiger partial charge on any atom is -0.311 e. The van der Waals surface area contributed by atoms with E-state index in [2.05, 4.69) is 200 Å². The van der Waals surface area contributed by atoms with Crippen molar-refractivity contribution in [3.05, 3.63) is 123 Å². The Balaban J connectivity index is 1.27. The molecule has 0 fully saturated rings. The third kappa shape index (κ3) is 5.76. The van der Waals surface area contributed by atoms with Gasteiger partial charge in [-0.05, 0) is 204 Å². The molecule has 0 amide bonds. The van der Waals surface area contributed by atoms with Gasteiger partial charge in [0.2, 0.25) is 0 Å². The Morgan fingerprint density at radius 2 is 0.656 bits per heavy atom. The van der Waals surface area contributed by atoms with Gasteiger partial charge in [0.1, 0.15) is 0 Å². The van der Waals surface area contributed by atoms with E-state index in [-0.39, 0.29) is 50.0 Å². The molecule has 332 valence electrons. The van der Waals surface area contributed by atoms with Crippen LogP contribution < -0.4 is 26.2 Å². The highest BCUT2D eigenvalue weighted by molar-refractivity contribution is 7.00. The second kappa shape index (κ2) is 12.6. The lowest BCUT2D eigenvalue weighted by Gasteiger charge is -2.48. The van der Waals surface area contributed by atoms with Crippen LogP contribution in [0.25, 0.3) is 0 Å². The monoisotopic (exact) mass is 847 g/mol. The summed E-state index contributed by atoms with van der Waals surface area (Å²) in [5.74, 6) is 0. The number of benzene rings is 5. The first-order valence-electron chi connectivity index (χ1n) is 25.0. The van der Waals surface area contributed by atoms with Crippen molar-refractivity contribution in [2.75, 3.05) is 9.80 Å². The van der Waals surface area contributed by atoms with Gasteiger partial charge < -0.3 is 9.80 Å². The number of hydrogen-bond donors (Lipinski definition) is 0. The normalized spacial score (nSPS) is 23.3. The van der Waals surface area contributed by atoms with E-state index in [0.29, 0.717) is 0 Å².